The SMILES string of the molecule is Cl.ON=Cc1cnc(CCCCc2cccnc2)s1. The van der Waals surface area contributed by atoms with Gasteiger partial charge in [0.05, 0.1) is 16.1 Å². The van der Waals surface area contributed by atoms with Gasteiger partial charge in [-0.3, -0.25) is 4.98 Å². The van der Waals surface area contributed by atoms with E-state index in [1.807, 2.05) is 12.3 Å². The predicted octanol–water partition coefficient (Wildman–Crippen LogP) is 3.33. The quantitative estimate of drug-likeness (QED) is 0.385. The minimum absolute atomic E-state index is 0. The van der Waals surface area contributed by atoms with Crippen LogP contribution in [0.2, 0.25) is 0 Å². The lowest BCUT2D eigenvalue weighted by molar-refractivity contribution is 0.322. The Balaban J connectivity index is 0.00000180. The maximum atomic E-state index is 8.41. The van der Waals surface area contributed by atoms with E-state index < -0.39 is 0 Å². The lowest BCUT2D eigenvalue weighted by atomic mass is 10.1. The van der Waals surface area contributed by atoms with Crippen LogP contribution in [0.25, 0.3) is 0 Å². The van der Waals surface area contributed by atoms with Crippen molar-refractivity contribution in [1.82, 2.24) is 9.97 Å². The van der Waals surface area contributed by atoms with Crippen molar-refractivity contribution in [2.75, 3.05) is 0 Å². The van der Waals surface area contributed by atoms with Gasteiger partial charge in [0.15, 0.2) is 0 Å². The van der Waals surface area contributed by atoms with E-state index in [1.165, 1.54) is 11.8 Å². The number of halogens is 1. The van der Waals surface area contributed by atoms with Gasteiger partial charge in [0.2, 0.25) is 0 Å². The first kappa shape index (κ1) is 15.6. The van der Waals surface area contributed by atoms with E-state index in [-0.39, 0.29) is 12.4 Å². The highest BCUT2D eigenvalue weighted by Crippen LogP contribution is 2.14. The van der Waals surface area contributed by atoms with Crippen molar-refractivity contribution in [3.05, 3.63) is 46.2 Å². The lowest BCUT2D eigenvalue weighted by Crippen LogP contribution is -1.89. The Labute approximate surface area is 122 Å². The monoisotopic (exact) mass is 297 g/mol. The molecule has 0 atom stereocenters. The minimum Gasteiger partial charge on any atom is -0.411 e. The van der Waals surface area contributed by atoms with Gasteiger partial charge in [0, 0.05) is 18.6 Å². The molecule has 0 saturated carbocycles. The summed E-state index contributed by atoms with van der Waals surface area (Å²) >= 11 is 1.57. The van der Waals surface area contributed by atoms with Crippen molar-refractivity contribution in [3.63, 3.8) is 0 Å². The fourth-order valence-corrected chi connectivity index (χ4v) is 2.54. The lowest BCUT2D eigenvalue weighted by Gasteiger charge is -1.99. The largest absolute Gasteiger partial charge is 0.411 e. The molecule has 0 radical (unpaired) electrons. The van der Waals surface area contributed by atoms with Crippen LogP contribution >= 0.6 is 23.7 Å². The van der Waals surface area contributed by atoms with E-state index in [1.54, 1.807) is 23.7 Å². The van der Waals surface area contributed by atoms with Gasteiger partial charge < -0.3 is 5.21 Å². The molecule has 2 aromatic heterocycles. The molecule has 0 fully saturated rings. The normalized spacial score (nSPS) is 10.5. The molecule has 1 N–H and O–H groups in total. The standard InChI is InChI=1S/C13H15N3OS.ClH/c17-16-10-12-9-15-13(18-12)6-2-1-4-11-5-3-7-14-8-11;/h3,5,7-10,17H,1-2,4,6H2;1H. The highest BCUT2D eigenvalue weighted by Gasteiger charge is 2.00. The smallest absolute Gasteiger partial charge is 0.0931 e. The van der Waals surface area contributed by atoms with Gasteiger partial charge in [-0.15, -0.1) is 23.7 Å². The number of unbranched alkanes of at least 4 members (excludes halogenated alkanes) is 1. The molecule has 2 heterocycles. The molecule has 0 aliphatic rings. The maximum Gasteiger partial charge on any atom is 0.0931 e. The second-order valence-electron chi connectivity index (χ2n) is 3.97. The molecule has 2 rings (SSSR count). The van der Waals surface area contributed by atoms with Gasteiger partial charge in [0.1, 0.15) is 0 Å². The summed E-state index contributed by atoms with van der Waals surface area (Å²) < 4.78 is 0. The molecule has 0 aliphatic heterocycles. The van der Waals surface area contributed by atoms with Gasteiger partial charge in [-0.1, -0.05) is 11.2 Å². The highest BCUT2D eigenvalue weighted by molar-refractivity contribution is 7.13. The summed E-state index contributed by atoms with van der Waals surface area (Å²) in [6.07, 6.45) is 11.1. The third kappa shape index (κ3) is 5.36. The Morgan fingerprint density at radius 1 is 1.26 bits per heavy atom. The molecule has 2 aromatic rings. The number of aromatic nitrogens is 2. The molecule has 102 valence electrons. The summed E-state index contributed by atoms with van der Waals surface area (Å²) in [5, 5.41) is 12.5. The zero-order valence-electron chi connectivity index (χ0n) is 10.4. The van der Waals surface area contributed by atoms with Crippen molar-refractivity contribution in [2.45, 2.75) is 25.7 Å². The van der Waals surface area contributed by atoms with Crippen LogP contribution in [0, 0.1) is 0 Å². The number of oxime groups is 1. The predicted molar refractivity (Wildman–Crippen MR) is 79.6 cm³/mol. The van der Waals surface area contributed by atoms with Crippen molar-refractivity contribution < 1.29 is 5.21 Å². The van der Waals surface area contributed by atoms with Gasteiger partial charge in [-0.05, 0) is 37.3 Å². The summed E-state index contributed by atoms with van der Waals surface area (Å²) in [7, 11) is 0. The van der Waals surface area contributed by atoms with E-state index in [0.29, 0.717) is 0 Å². The van der Waals surface area contributed by atoms with E-state index in [0.717, 1.165) is 35.6 Å². The van der Waals surface area contributed by atoms with Crippen molar-refractivity contribution >= 4 is 30.0 Å². The van der Waals surface area contributed by atoms with Crippen LogP contribution in [0.4, 0.5) is 0 Å². The Morgan fingerprint density at radius 3 is 2.84 bits per heavy atom. The first-order valence-electron chi connectivity index (χ1n) is 5.89. The van der Waals surface area contributed by atoms with Crippen LogP contribution in [0.5, 0.6) is 0 Å². The number of hydrogen-bond donors (Lipinski definition) is 1. The molecule has 0 saturated heterocycles. The first-order valence-corrected chi connectivity index (χ1v) is 6.71. The van der Waals surface area contributed by atoms with Crippen molar-refractivity contribution in [1.29, 1.82) is 0 Å². The summed E-state index contributed by atoms with van der Waals surface area (Å²) in [6.45, 7) is 0. The number of hydrogen-bond acceptors (Lipinski definition) is 5. The number of nitrogens with zero attached hydrogens (tertiary/aromatic N) is 3. The summed E-state index contributed by atoms with van der Waals surface area (Å²) in [5.41, 5.74) is 1.28. The molecule has 19 heavy (non-hydrogen) atoms. The van der Waals surface area contributed by atoms with E-state index >= 15 is 0 Å². The van der Waals surface area contributed by atoms with Crippen LogP contribution < -0.4 is 0 Å². The average Bonchev–Trinajstić information content (AvgIpc) is 2.84. The summed E-state index contributed by atoms with van der Waals surface area (Å²) in [4.78, 5) is 9.27. The molecular formula is C13H16ClN3OS. The van der Waals surface area contributed by atoms with Crippen LogP contribution in [0.15, 0.2) is 35.9 Å². The van der Waals surface area contributed by atoms with Crippen LogP contribution in [-0.4, -0.2) is 21.4 Å². The van der Waals surface area contributed by atoms with E-state index in [9.17, 15) is 0 Å². The first-order chi connectivity index (χ1) is 8.88. The molecule has 6 heteroatoms. The Kier molecular flexibility index (Phi) is 7.07. The minimum atomic E-state index is 0. The second-order valence-corrected chi connectivity index (χ2v) is 5.12. The number of thiazole rings is 1. The third-order valence-corrected chi connectivity index (χ3v) is 3.58. The van der Waals surface area contributed by atoms with Crippen molar-refractivity contribution in [3.8, 4) is 0 Å². The average molecular weight is 298 g/mol. The van der Waals surface area contributed by atoms with Gasteiger partial charge >= 0.3 is 0 Å². The fourth-order valence-electron chi connectivity index (χ4n) is 1.71. The second kappa shape index (κ2) is 8.61. The van der Waals surface area contributed by atoms with Gasteiger partial charge in [-0.2, -0.15) is 0 Å². The van der Waals surface area contributed by atoms with Crippen LogP contribution in [0.3, 0.4) is 0 Å². The van der Waals surface area contributed by atoms with Crippen LogP contribution in [-0.2, 0) is 12.8 Å². The van der Waals surface area contributed by atoms with Gasteiger partial charge in [0.25, 0.3) is 0 Å². The number of pyridine rings is 1. The summed E-state index contributed by atoms with van der Waals surface area (Å²) in [6, 6.07) is 4.07. The third-order valence-electron chi connectivity index (χ3n) is 2.59. The zero-order chi connectivity index (χ0) is 12.6. The van der Waals surface area contributed by atoms with Gasteiger partial charge in [-0.25, -0.2) is 4.98 Å². The summed E-state index contributed by atoms with van der Waals surface area (Å²) in [5.74, 6) is 0. The maximum absolute atomic E-state index is 8.41. The number of rotatable bonds is 6. The molecule has 0 unspecified atom stereocenters. The number of aryl methyl sites for hydroxylation is 2. The molecule has 0 aliphatic carbocycles. The molecule has 0 amide bonds. The van der Waals surface area contributed by atoms with E-state index in [2.05, 4.69) is 21.2 Å². The Morgan fingerprint density at radius 2 is 2.11 bits per heavy atom. The topological polar surface area (TPSA) is 58.4 Å². The zero-order valence-corrected chi connectivity index (χ0v) is 12.0. The highest BCUT2D eigenvalue weighted by atomic mass is 35.5. The molecule has 0 aromatic carbocycles. The van der Waals surface area contributed by atoms with E-state index in [4.69, 9.17) is 5.21 Å². The Bertz CT molecular complexity index is 502. The molecule has 0 spiro atoms. The Hall–Kier alpha value is -1.46. The van der Waals surface area contributed by atoms with Crippen LogP contribution in [0.1, 0.15) is 28.3 Å². The molecular weight excluding hydrogens is 282 g/mol. The molecule has 0 bridgehead atoms. The van der Waals surface area contributed by atoms with Crippen molar-refractivity contribution in [2.24, 2.45) is 5.16 Å². The fraction of sp³-hybridized carbons (Fsp3) is 0.308. The molecule has 4 nitrogen and oxygen atoms in total.